The van der Waals surface area contributed by atoms with Crippen molar-refractivity contribution in [2.24, 2.45) is 0 Å². The monoisotopic (exact) mass is 389 g/mol. The molecular formula is C18H19N3O5S. The predicted octanol–water partition coefficient (Wildman–Crippen LogP) is 2.67. The van der Waals surface area contributed by atoms with Gasteiger partial charge in [0.05, 0.1) is 19.8 Å². The van der Waals surface area contributed by atoms with E-state index in [4.69, 9.17) is 13.9 Å². The summed E-state index contributed by atoms with van der Waals surface area (Å²) in [5.74, 6) is 1.29. The molecule has 3 rings (SSSR count). The van der Waals surface area contributed by atoms with Gasteiger partial charge in [0.1, 0.15) is 16.4 Å². The predicted molar refractivity (Wildman–Crippen MR) is 99.1 cm³/mol. The first-order chi connectivity index (χ1) is 12.9. The maximum Gasteiger partial charge on any atom is 0.251 e. The van der Waals surface area contributed by atoms with Crippen LogP contribution in [0.25, 0.3) is 22.9 Å². The van der Waals surface area contributed by atoms with Crippen molar-refractivity contribution in [1.29, 1.82) is 0 Å². The minimum atomic E-state index is -3.71. The van der Waals surface area contributed by atoms with Crippen LogP contribution in [0.4, 0.5) is 0 Å². The van der Waals surface area contributed by atoms with Gasteiger partial charge < -0.3 is 13.9 Å². The summed E-state index contributed by atoms with van der Waals surface area (Å²) < 4.78 is 42.5. The van der Waals surface area contributed by atoms with Crippen molar-refractivity contribution in [3.63, 3.8) is 0 Å². The van der Waals surface area contributed by atoms with E-state index in [2.05, 4.69) is 10.2 Å². The van der Waals surface area contributed by atoms with E-state index in [1.54, 1.807) is 31.4 Å². The summed E-state index contributed by atoms with van der Waals surface area (Å²) in [6.07, 6.45) is 0. The summed E-state index contributed by atoms with van der Waals surface area (Å²) in [6.45, 7) is 0. The van der Waals surface area contributed by atoms with Crippen molar-refractivity contribution in [2.45, 2.75) is 4.90 Å². The Labute approximate surface area is 157 Å². The van der Waals surface area contributed by atoms with E-state index in [0.29, 0.717) is 16.9 Å². The van der Waals surface area contributed by atoms with Crippen LogP contribution < -0.4 is 9.47 Å². The molecule has 1 aromatic heterocycles. The van der Waals surface area contributed by atoms with Crippen LogP contribution in [0.3, 0.4) is 0 Å². The van der Waals surface area contributed by atoms with E-state index < -0.39 is 10.0 Å². The van der Waals surface area contributed by atoms with Crippen LogP contribution in [0.15, 0.2) is 51.8 Å². The maximum absolute atomic E-state index is 12.6. The van der Waals surface area contributed by atoms with E-state index in [0.717, 1.165) is 4.31 Å². The minimum Gasteiger partial charge on any atom is -0.496 e. The molecule has 0 amide bonds. The fourth-order valence-corrected chi connectivity index (χ4v) is 3.55. The highest BCUT2D eigenvalue weighted by Crippen LogP contribution is 2.33. The Bertz CT molecular complexity index is 1060. The summed E-state index contributed by atoms with van der Waals surface area (Å²) >= 11 is 0. The first-order valence-electron chi connectivity index (χ1n) is 7.96. The van der Waals surface area contributed by atoms with E-state index in [1.165, 1.54) is 27.3 Å². The topological polar surface area (TPSA) is 94.8 Å². The van der Waals surface area contributed by atoms with Gasteiger partial charge in [0.2, 0.25) is 15.9 Å². The Hall–Kier alpha value is -2.91. The number of hydrogen-bond acceptors (Lipinski definition) is 7. The van der Waals surface area contributed by atoms with Gasteiger partial charge in [-0.1, -0.05) is 12.1 Å². The second kappa shape index (κ2) is 7.37. The summed E-state index contributed by atoms with van der Waals surface area (Å²) in [4.78, 5) is 0.0181. The van der Waals surface area contributed by atoms with Crippen molar-refractivity contribution in [2.75, 3.05) is 28.3 Å². The quantitative estimate of drug-likeness (QED) is 0.639. The zero-order chi connectivity index (χ0) is 19.6. The van der Waals surface area contributed by atoms with Crippen molar-refractivity contribution in [3.8, 4) is 34.4 Å². The molecule has 142 valence electrons. The normalized spacial score (nSPS) is 11.6. The highest BCUT2D eigenvalue weighted by molar-refractivity contribution is 7.89. The van der Waals surface area contributed by atoms with Gasteiger partial charge >= 0.3 is 0 Å². The lowest BCUT2D eigenvalue weighted by atomic mass is 10.2. The Morgan fingerprint density at radius 1 is 0.926 bits per heavy atom. The number of benzene rings is 2. The number of aromatic nitrogens is 2. The smallest absolute Gasteiger partial charge is 0.251 e. The summed E-state index contributed by atoms with van der Waals surface area (Å²) in [5.41, 5.74) is 1.11. The van der Waals surface area contributed by atoms with Crippen LogP contribution in [0, 0.1) is 0 Å². The minimum absolute atomic E-state index is 0.0181. The van der Waals surface area contributed by atoms with Gasteiger partial charge in [-0.3, -0.25) is 0 Å². The molecule has 0 aliphatic heterocycles. The SMILES string of the molecule is COc1ccccc1-c1nnc(-c2ccc(OC)c(S(=O)(=O)N(C)C)c2)o1. The van der Waals surface area contributed by atoms with Crippen LogP contribution in [-0.4, -0.2) is 51.2 Å². The average molecular weight is 389 g/mol. The number of sulfonamides is 1. The molecule has 0 aliphatic rings. The highest BCUT2D eigenvalue weighted by Gasteiger charge is 2.24. The van der Waals surface area contributed by atoms with Gasteiger partial charge in [-0.25, -0.2) is 12.7 Å². The Balaban J connectivity index is 2.07. The standard InChI is InChI=1S/C18H19N3O5S/c1-21(2)27(22,23)16-11-12(9-10-15(16)25-4)17-19-20-18(26-17)13-7-5-6-8-14(13)24-3/h5-11H,1-4H3. The summed E-state index contributed by atoms with van der Waals surface area (Å²) in [7, 11) is 2.16. The molecule has 8 nitrogen and oxygen atoms in total. The van der Waals surface area contributed by atoms with Crippen molar-refractivity contribution >= 4 is 10.0 Å². The zero-order valence-corrected chi connectivity index (χ0v) is 16.1. The number of rotatable bonds is 6. The lowest BCUT2D eigenvalue weighted by molar-refractivity contribution is 0.400. The molecule has 0 fully saturated rings. The number of ether oxygens (including phenoxy) is 2. The van der Waals surface area contributed by atoms with E-state index in [-0.39, 0.29) is 22.4 Å². The molecule has 1 heterocycles. The largest absolute Gasteiger partial charge is 0.496 e. The van der Waals surface area contributed by atoms with Crippen molar-refractivity contribution in [3.05, 3.63) is 42.5 Å². The fourth-order valence-electron chi connectivity index (χ4n) is 2.48. The second-order valence-electron chi connectivity index (χ2n) is 5.77. The number of methoxy groups -OCH3 is 2. The average Bonchev–Trinajstić information content (AvgIpc) is 3.17. The van der Waals surface area contributed by atoms with E-state index in [9.17, 15) is 8.42 Å². The fraction of sp³-hybridized carbons (Fsp3) is 0.222. The van der Waals surface area contributed by atoms with Crippen molar-refractivity contribution in [1.82, 2.24) is 14.5 Å². The van der Waals surface area contributed by atoms with Gasteiger partial charge in [0.15, 0.2) is 0 Å². The van der Waals surface area contributed by atoms with Crippen LogP contribution in [0.5, 0.6) is 11.5 Å². The molecule has 9 heteroatoms. The van der Waals surface area contributed by atoms with Crippen LogP contribution in [0.2, 0.25) is 0 Å². The molecule has 0 saturated heterocycles. The molecule has 0 atom stereocenters. The molecule has 2 aromatic carbocycles. The Kier molecular flexibility index (Phi) is 5.15. The third-order valence-corrected chi connectivity index (χ3v) is 5.77. The zero-order valence-electron chi connectivity index (χ0n) is 15.3. The van der Waals surface area contributed by atoms with Gasteiger partial charge in [-0.05, 0) is 30.3 Å². The number of para-hydroxylation sites is 1. The van der Waals surface area contributed by atoms with Crippen molar-refractivity contribution < 1.29 is 22.3 Å². The van der Waals surface area contributed by atoms with Crippen LogP contribution >= 0.6 is 0 Å². The lowest BCUT2D eigenvalue weighted by Gasteiger charge is -2.14. The van der Waals surface area contributed by atoms with Gasteiger partial charge in [0, 0.05) is 19.7 Å². The molecule has 0 radical (unpaired) electrons. The number of nitrogens with zero attached hydrogens (tertiary/aromatic N) is 3. The molecule has 0 spiro atoms. The maximum atomic E-state index is 12.6. The first kappa shape index (κ1) is 18.9. The third-order valence-electron chi connectivity index (χ3n) is 3.93. The molecule has 0 aliphatic carbocycles. The summed E-state index contributed by atoms with van der Waals surface area (Å²) in [6, 6.07) is 11.9. The van der Waals surface area contributed by atoms with Gasteiger partial charge in [-0.15, -0.1) is 10.2 Å². The molecule has 0 N–H and O–H groups in total. The highest BCUT2D eigenvalue weighted by atomic mass is 32.2. The van der Waals surface area contributed by atoms with Gasteiger partial charge in [-0.2, -0.15) is 0 Å². The molecule has 0 saturated carbocycles. The first-order valence-corrected chi connectivity index (χ1v) is 9.40. The molecule has 0 unspecified atom stereocenters. The van der Waals surface area contributed by atoms with Crippen LogP contribution in [-0.2, 0) is 10.0 Å². The molecule has 27 heavy (non-hydrogen) atoms. The summed E-state index contributed by atoms with van der Waals surface area (Å²) in [5, 5.41) is 8.09. The Morgan fingerprint density at radius 2 is 1.59 bits per heavy atom. The third kappa shape index (κ3) is 3.51. The lowest BCUT2D eigenvalue weighted by Crippen LogP contribution is -2.22. The second-order valence-corrected chi connectivity index (χ2v) is 7.89. The van der Waals surface area contributed by atoms with E-state index >= 15 is 0 Å². The molecular weight excluding hydrogens is 370 g/mol. The van der Waals surface area contributed by atoms with E-state index in [1.807, 2.05) is 12.1 Å². The van der Waals surface area contributed by atoms with Gasteiger partial charge in [0.25, 0.3) is 5.89 Å². The molecule has 3 aromatic rings. The van der Waals surface area contributed by atoms with Crippen LogP contribution in [0.1, 0.15) is 0 Å². The number of hydrogen-bond donors (Lipinski definition) is 0. The molecule has 0 bridgehead atoms. The Morgan fingerprint density at radius 3 is 2.26 bits per heavy atom.